The van der Waals surface area contributed by atoms with Crippen LogP contribution in [0.25, 0.3) is 0 Å². The van der Waals surface area contributed by atoms with Gasteiger partial charge in [-0.15, -0.1) is 0 Å². The number of hydrogen-bond donors (Lipinski definition) is 3. The van der Waals surface area contributed by atoms with Crippen LogP contribution in [0.4, 0.5) is 0 Å². The molecule has 0 aromatic carbocycles. The molecule has 0 aromatic rings. The number of hydrogen-bond acceptors (Lipinski definition) is 5. The predicted molar refractivity (Wildman–Crippen MR) is 36.9 cm³/mol. The SMILES string of the molecule is COC(OC)[C@H](O)[C@H](O)CO. The topological polar surface area (TPSA) is 79.2 Å². The van der Waals surface area contributed by atoms with Crippen molar-refractivity contribution < 1.29 is 24.8 Å². The Morgan fingerprint density at radius 1 is 1.18 bits per heavy atom. The van der Waals surface area contributed by atoms with E-state index in [-0.39, 0.29) is 0 Å². The fraction of sp³-hybridized carbons (Fsp3) is 1.00. The van der Waals surface area contributed by atoms with E-state index in [4.69, 9.17) is 15.3 Å². The molecule has 0 aliphatic carbocycles. The van der Waals surface area contributed by atoms with Gasteiger partial charge in [0.2, 0.25) is 0 Å². The lowest BCUT2D eigenvalue weighted by atomic mass is 10.2. The molecule has 0 saturated carbocycles. The van der Waals surface area contributed by atoms with Crippen LogP contribution in [0.3, 0.4) is 0 Å². The van der Waals surface area contributed by atoms with Crippen LogP contribution in [0, 0.1) is 0 Å². The molecule has 68 valence electrons. The first-order valence-corrected chi connectivity index (χ1v) is 3.20. The molecule has 0 saturated heterocycles. The highest BCUT2D eigenvalue weighted by atomic mass is 16.7. The zero-order valence-corrected chi connectivity index (χ0v) is 6.60. The van der Waals surface area contributed by atoms with Crippen LogP contribution >= 0.6 is 0 Å². The summed E-state index contributed by atoms with van der Waals surface area (Å²) in [6.45, 7) is -0.523. The molecule has 0 unspecified atom stereocenters. The van der Waals surface area contributed by atoms with Crippen LogP contribution in [0.1, 0.15) is 0 Å². The minimum Gasteiger partial charge on any atom is -0.394 e. The summed E-state index contributed by atoms with van der Waals surface area (Å²) >= 11 is 0. The summed E-state index contributed by atoms with van der Waals surface area (Å²) in [6.07, 6.45) is -3.37. The number of methoxy groups -OCH3 is 2. The molecule has 0 heterocycles. The molecule has 5 nitrogen and oxygen atoms in total. The molecule has 0 aliphatic rings. The summed E-state index contributed by atoms with van der Waals surface area (Å²) in [7, 11) is 2.67. The van der Waals surface area contributed by atoms with Crippen LogP contribution in [-0.4, -0.2) is 54.6 Å². The summed E-state index contributed by atoms with van der Waals surface area (Å²) in [5.41, 5.74) is 0. The maximum atomic E-state index is 9.12. The Balaban J connectivity index is 3.86. The second-order valence-corrected chi connectivity index (χ2v) is 2.08. The Labute approximate surface area is 65.2 Å². The van der Waals surface area contributed by atoms with Crippen LogP contribution in [0.2, 0.25) is 0 Å². The van der Waals surface area contributed by atoms with Gasteiger partial charge in [-0.25, -0.2) is 0 Å². The van der Waals surface area contributed by atoms with Gasteiger partial charge in [-0.2, -0.15) is 0 Å². The molecule has 0 aromatic heterocycles. The van der Waals surface area contributed by atoms with Crippen molar-refractivity contribution in [1.82, 2.24) is 0 Å². The molecule has 3 N–H and O–H groups in total. The summed E-state index contributed by atoms with van der Waals surface area (Å²) in [5.74, 6) is 0. The Hall–Kier alpha value is -0.200. The fourth-order valence-corrected chi connectivity index (χ4v) is 0.664. The van der Waals surface area contributed by atoms with Gasteiger partial charge in [0.25, 0.3) is 0 Å². The van der Waals surface area contributed by atoms with E-state index >= 15 is 0 Å². The summed E-state index contributed by atoms with van der Waals surface area (Å²) in [5, 5.41) is 26.4. The molecule has 0 amide bonds. The van der Waals surface area contributed by atoms with E-state index in [1.54, 1.807) is 0 Å². The minimum absolute atomic E-state index is 0.523. The van der Waals surface area contributed by atoms with Crippen molar-refractivity contribution in [1.29, 1.82) is 0 Å². The summed E-state index contributed by atoms with van der Waals surface area (Å²) < 4.78 is 9.28. The maximum absolute atomic E-state index is 9.12. The Kier molecular flexibility index (Phi) is 5.35. The van der Waals surface area contributed by atoms with E-state index in [1.807, 2.05) is 0 Å². The van der Waals surface area contributed by atoms with Crippen molar-refractivity contribution in [2.24, 2.45) is 0 Å². The van der Waals surface area contributed by atoms with Gasteiger partial charge in [-0.1, -0.05) is 0 Å². The number of aliphatic hydroxyl groups is 3. The third-order valence-corrected chi connectivity index (χ3v) is 1.32. The van der Waals surface area contributed by atoms with Gasteiger partial charge in [0.1, 0.15) is 12.2 Å². The first-order chi connectivity index (χ1) is 5.17. The molecule has 0 rings (SSSR count). The van der Waals surface area contributed by atoms with Crippen LogP contribution in [0.15, 0.2) is 0 Å². The summed E-state index contributed by atoms with van der Waals surface area (Å²) in [6, 6.07) is 0. The lowest BCUT2D eigenvalue weighted by molar-refractivity contribution is -0.194. The van der Waals surface area contributed by atoms with Gasteiger partial charge >= 0.3 is 0 Å². The molecular formula is C6H14O5. The van der Waals surface area contributed by atoms with E-state index in [0.29, 0.717) is 0 Å². The van der Waals surface area contributed by atoms with Crippen LogP contribution < -0.4 is 0 Å². The Bertz CT molecular complexity index is 93.0. The van der Waals surface area contributed by atoms with Gasteiger partial charge in [0, 0.05) is 14.2 Å². The molecule has 11 heavy (non-hydrogen) atoms. The van der Waals surface area contributed by atoms with Crippen LogP contribution in [0.5, 0.6) is 0 Å². The van der Waals surface area contributed by atoms with Crippen molar-refractivity contribution in [3.05, 3.63) is 0 Å². The van der Waals surface area contributed by atoms with E-state index in [0.717, 1.165) is 0 Å². The van der Waals surface area contributed by atoms with Crippen molar-refractivity contribution >= 4 is 0 Å². The smallest absolute Gasteiger partial charge is 0.185 e. The van der Waals surface area contributed by atoms with Crippen molar-refractivity contribution in [2.45, 2.75) is 18.5 Å². The van der Waals surface area contributed by atoms with Crippen molar-refractivity contribution in [3.63, 3.8) is 0 Å². The van der Waals surface area contributed by atoms with E-state index in [2.05, 4.69) is 9.47 Å². The quantitative estimate of drug-likeness (QED) is 0.425. The molecule has 2 atom stereocenters. The number of aliphatic hydroxyl groups excluding tert-OH is 3. The third kappa shape index (κ3) is 3.13. The minimum atomic E-state index is -1.24. The maximum Gasteiger partial charge on any atom is 0.185 e. The molecule has 5 heteroatoms. The van der Waals surface area contributed by atoms with E-state index in [9.17, 15) is 0 Å². The second-order valence-electron chi connectivity index (χ2n) is 2.08. The van der Waals surface area contributed by atoms with E-state index in [1.165, 1.54) is 14.2 Å². The van der Waals surface area contributed by atoms with Gasteiger partial charge < -0.3 is 24.8 Å². The largest absolute Gasteiger partial charge is 0.394 e. The highest BCUT2D eigenvalue weighted by Crippen LogP contribution is 2.03. The van der Waals surface area contributed by atoms with Gasteiger partial charge in [0.15, 0.2) is 6.29 Å². The molecule has 0 radical (unpaired) electrons. The third-order valence-electron chi connectivity index (χ3n) is 1.32. The molecule has 0 aliphatic heterocycles. The zero-order chi connectivity index (χ0) is 8.85. The first kappa shape index (κ1) is 10.8. The predicted octanol–water partition coefficient (Wildman–Crippen LogP) is -1.68. The Morgan fingerprint density at radius 3 is 1.91 bits per heavy atom. The summed E-state index contributed by atoms with van der Waals surface area (Å²) in [4.78, 5) is 0. The second kappa shape index (κ2) is 5.45. The van der Waals surface area contributed by atoms with Gasteiger partial charge in [-0.3, -0.25) is 0 Å². The van der Waals surface area contributed by atoms with E-state index < -0.39 is 25.1 Å². The molecule has 0 spiro atoms. The highest BCUT2D eigenvalue weighted by molar-refractivity contribution is 4.68. The molecule has 0 fully saturated rings. The van der Waals surface area contributed by atoms with Crippen molar-refractivity contribution in [3.8, 4) is 0 Å². The number of rotatable bonds is 5. The number of ether oxygens (including phenoxy) is 2. The molecular weight excluding hydrogens is 152 g/mol. The monoisotopic (exact) mass is 166 g/mol. The van der Waals surface area contributed by atoms with Gasteiger partial charge in [0.05, 0.1) is 6.61 Å². The fourth-order valence-electron chi connectivity index (χ4n) is 0.664. The highest BCUT2D eigenvalue weighted by Gasteiger charge is 2.25. The standard InChI is InChI=1S/C6H14O5/c1-10-6(11-2)5(9)4(8)3-7/h4-9H,3H2,1-2H3/t4-,5-/m1/s1. The zero-order valence-electron chi connectivity index (χ0n) is 6.60. The van der Waals surface area contributed by atoms with Crippen LogP contribution in [-0.2, 0) is 9.47 Å². The lowest BCUT2D eigenvalue weighted by Gasteiger charge is -2.22. The normalized spacial score (nSPS) is 16.9. The van der Waals surface area contributed by atoms with Gasteiger partial charge in [-0.05, 0) is 0 Å². The van der Waals surface area contributed by atoms with Crippen molar-refractivity contribution in [2.75, 3.05) is 20.8 Å². The Morgan fingerprint density at radius 2 is 1.64 bits per heavy atom. The first-order valence-electron chi connectivity index (χ1n) is 3.20. The molecule has 0 bridgehead atoms. The lowest BCUT2D eigenvalue weighted by Crippen LogP contribution is -2.41. The average molecular weight is 166 g/mol. The average Bonchev–Trinajstić information content (AvgIpc) is 2.05.